The Hall–Kier alpha value is -8.29. The molecule has 5 fully saturated rings. The van der Waals surface area contributed by atoms with Crippen LogP contribution >= 0.6 is 58.0 Å². The van der Waals surface area contributed by atoms with E-state index in [1.165, 1.54) is 92.4 Å². The topological polar surface area (TPSA) is 215 Å². The summed E-state index contributed by atoms with van der Waals surface area (Å²) < 4.78 is 254. The zero-order valence-corrected chi connectivity index (χ0v) is 79.9. The number of hydrogen-bond donors (Lipinski definition) is 6. The lowest BCUT2D eigenvalue weighted by molar-refractivity contribution is -0.142. The molecule has 6 N–H and O–H groups in total. The summed E-state index contributed by atoms with van der Waals surface area (Å²) in [5, 5.41) is 50.5. The molecule has 5 aliphatic rings. The maximum Gasteiger partial charge on any atom is 0.406 e. The summed E-state index contributed by atoms with van der Waals surface area (Å²) in [4.78, 5) is 63.6. The van der Waals surface area contributed by atoms with Gasteiger partial charge in [0, 0.05) is 120 Å². The van der Waals surface area contributed by atoms with Gasteiger partial charge in [0.15, 0.2) is 17.3 Å². The van der Waals surface area contributed by atoms with Crippen molar-refractivity contribution >= 4 is 142 Å². The third-order valence-corrected chi connectivity index (χ3v) is 28.0. The molecule has 15 rings (SSSR count). The molecule has 2 amide bonds. The van der Waals surface area contributed by atoms with Crippen molar-refractivity contribution in [1.82, 2.24) is 33.5 Å². The van der Waals surface area contributed by atoms with Gasteiger partial charge in [0.05, 0.1) is 86.2 Å². The minimum atomic E-state index is -4.49. The van der Waals surface area contributed by atoms with E-state index in [4.69, 9.17) is 58.0 Å². The van der Waals surface area contributed by atoms with Crippen molar-refractivity contribution in [2.45, 2.75) is 298 Å². The predicted molar refractivity (Wildman–Crippen MR) is 493 cm³/mol. The van der Waals surface area contributed by atoms with Crippen LogP contribution in [-0.2, 0) is 32.7 Å². The number of carbonyl (C=O) groups excluding carboxylic acids is 5. The molecule has 5 aliphatic carbocycles. The molecule has 0 bridgehead atoms. The van der Waals surface area contributed by atoms with Crippen molar-refractivity contribution in [3.05, 3.63) is 175 Å². The summed E-state index contributed by atoms with van der Waals surface area (Å²) in [5.74, 6) is -4.71. The van der Waals surface area contributed by atoms with Gasteiger partial charge in [0.2, 0.25) is 0 Å². The van der Waals surface area contributed by atoms with E-state index >= 15 is 0 Å². The lowest BCUT2D eigenvalue weighted by Crippen LogP contribution is -2.45. The van der Waals surface area contributed by atoms with E-state index in [0.29, 0.717) is 86.9 Å². The van der Waals surface area contributed by atoms with E-state index in [1.54, 1.807) is 44.2 Å². The monoisotopic (exact) mass is 2060 g/mol. The lowest BCUT2D eigenvalue weighted by atomic mass is 9.74. The molecule has 0 spiro atoms. The highest BCUT2D eigenvalue weighted by Gasteiger charge is 2.49. The third-order valence-electron chi connectivity index (χ3n) is 26.5. The summed E-state index contributed by atoms with van der Waals surface area (Å²) in [5.41, 5.74) is -5.47. The van der Waals surface area contributed by atoms with Gasteiger partial charge in [0.25, 0.3) is 17.7 Å². The van der Waals surface area contributed by atoms with Crippen LogP contribution in [0.15, 0.2) is 122 Å². The molecule has 0 radical (unpaired) electrons. The first-order valence-electron chi connectivity index (χ1n) is 45.4. The molecule has 0 saturated heterocycles. The molecule has 6 atom stereocenters. The van der Waals surface area contributed by atoms with E-state index in [2.05, 4.69) is 24.5 Å². The Labute approximate surface area is 808 Å². The number of aliphatic hydroxyl groups is 4. The molecule has 5 aromatic heterocycles. The number of ketones is 3. The number of halogens is 24. The summed E-state index contributed by atoms with van der Waals surface area (Å²) in [7, 11) is 0. The second-order valence-corrected chi connectivity index (χ2v) is 40.9. The number of alkyl halides is 19. The fourth-order valence-electron chi connectivity index (χ4n) is 19.9. The van der Waals surface area contributed by atoms with Crippen molar-refractivity contribution in [2.24, 2.45) is 23.7 Å². The number of aromatic nitrogens is 5. The third kappa shape index (κ3) is 29.9. The first-order chi connectivity index (χ1) is 63.9. The number of amides is 2. The molecule has 10 aromatic rings. The molecule has 138 heavy (non-hydrogen) atoms. The molecule has 2 unspecified atom stereocenters. The minimum Gasteiger partial charge on any atom is -0.390 e. The fourth-order valence-corrected chi connectivity index (χ4v) is 21.3. The van der Waals surface area contributed by atoms with Crippen LogP contribution in [-0.4, -0.2) is 156 Å². The Kier molecular flexibility index (Phi) is 34.7. The quantitative estimate of drug-likeness (QED) is 0.0265. The van der Waals surface area contributed by atoms with Gasteiger partial charge in [-0.05, 0) is 201 Å². The summed E-state index contributed by atoms with van der Waals surface area (Å²) >= 11 is 30.8. The Morgan fingerprint density at radius 3 is 0.964 bits per heavy atom. The van der Waals surface area contributed by atoms with Gasteiger partial charge >= 0.3 is 30.9 Å². The molecule has 0 aliphatic heterocycles. The molecule has 5 aromatic carbocycles. The Bertz CT molecular complexity index is 5850. The number of nitrogens with zero attached hydrogens (tertiary/aromatic N) is 5. The fraction of sp³-hybridized carbons (Fsp3) is 0.541. The Balaban J connectivity index is 0.000000165. The largest absolute Gasteiger partial charge is 0.406 e. The van der Waals surface area contributed by atoms with Gasteiger partial charge in [-0.25, -0.2) is 17.6 Å². The van der Waals surface area contributed by atoms with E-state index in [-0.39, 0.29) is 191 Å². The zero-order valence-electron chi connectivity index (χ0n) is 76.1. The Morgan fingerprint density at radius 1 is 0.355 bits per heavy atom. The number of fused-ring (bicyclic) bond motifs is 5. The van der Waals surface area contributed by atoms with Crippen LogP contribution in [0.2, 0.25) is 25.1 Å². The number of carbonyl (C=O) groups is 5. The highest BCUT2D eigenvalue weighted by atomic mass is 35.5. The molecule has 5 saturated carbocycles. The predicted octanol–water partition coefficient (Wildman–Crippen LogP) is 27.7. The van der Waals surface area contributed by atoms with Gasteiger partial charge in [-0.15, -0.1) is 0 Å². The SMILES string of the molecule is CC1(F)CCC(CNC(=O)c2cn(CC(F)(F)F)c3cccc(Cl)c23)CC1.CC1(F)CCC(O)(CCC(=O)c2cn(CC(F)(F)F)c3cccc(Cl)c23)CC1.CC1CC(F)(F)CC(O)(CCC(=O)c2cn(CC(F)(F)F)c3cccc(Cl)c23)C1.C[C@@H]1CCC[C@](O)(CNC(=O)c2cn(CC(F)(F)F)c3cccc(Cl)c23)C1.C[C@H]1CCC[C@@](O)(CCC(=O)c2cn(CC(F)(F)F)c3cccc(Cl)c23)C1. The highest BCUT2D eigenvalue weighted by Crippen LogP contribution is 2.48. The van der Waals surface area contributed by atoms with Crippen molar-refractivity contribution in [1.29, 1.82) is 0 Å². The number of nitrogens with one attached hydrogen (secondary N) is 2. The van der Waals surface area contributed by atoms with Crippen LogP contribution in [0.4, 0.5) is 83.4 Å². The van der Waals surface area contributed by atoms with Crippen LogP contribution in [0, 0.1) is 23.7 Å². The molecule has 16 nitrogen and oxygen atoms in total. The molecule has 5 heterocycles. The van der Waals surface area contributed by atoms with Gasteiger partial charge < -0.3 is 53.9 Å². The van der Waals surface area contributed by atoms with Crippen molar-refractivity contribution in [3.8, 4) is 0 Å². The van der Waals surface area contributed by atoms with E-state index in [1.807, 2.05) is 0 Å². The molecule has 758 valence electrons. The normalized spacial score (nSPS) is 24.3. The lowest BCUT2D eigenvalue weighted by Gasteiger charge is -2.39. The van der Waals surface area contributed by atoms with Crippen LogP contribution in [0.5, 0.6) is 0 Å². The van der Waals surface area contributed by atoms with Gasteiger partial charge in [-0.3, -0.25) is 24.0 Å². The van der Waals surface area contributed by atoms with Gasteiger partial charge in [0.1, 0.15) is 44.1 Å². The maximum absolute atomic E-state index is 13.9. The van der Waals surface area contributed by atoms with Crippen LogP contribution in [0.3, 0.4) is 0 Å². The maximum atomic E-state index is 13.9. The van der Waals surface area contributed by atoms with E-state index in [0.717, 1.165) is 54.7 Å². The second-order valence-electron chi connectivity index (χ2n) is 38.9. The first kappa shape index (κ1) is 110. The van der Waals surface area contributed by atoms with Crippen molar-refractivity contribution in [3.63, 3.8) is 0 Å². The van der Waals surface area contributed by atoms with E-state index < -0.39 is 133 Å². The standard InChI is InChI=1S/C20H21ClF5NO2.C20H22ClF4NO2.C20H23ClF3NO2.C19H21ClF4N2O.C19H22ClF3N2O2/c1-12-7-18(29,10-19(22,23)8-12)6-5-16(28)13-9-27(11-20(24,25)26)15-4-2-3-14(21)17(13)15;1-18(22)7-9-19(28,10-8-18)6-5-16(27)13-11-26(12-20(23,24)25)15-4-2-3-14(21)17(13)15;1-13-4-3-8-19(27,10-13)9-7-17(26)14-11-25(12-20(22,23)24)16-6-2-5-15(21)18(14)16;1-18(21)7-5-12(6-8-18)9-25-17(27)13-10-26(11-19(22,23)24)15-4-2-3-14(20)16(13)15;1-12-4-3-7-18(27,8-12)10-24-17(26)13-9-25(11-19(21,22)23)15-6-2-5-14(20)16(13)15/h2-4,9,12,29H,5-8,10-11H2,1H3;2-4,11,28H,5-10,12H2,1H3;2,5-6,11,13,27H,3-4,7-10,12H2,1H3;2-4,10,12H,5-9,11H2,1H3,(H,25,27);2,5-6,9,12,27H,3-4,7-8,10-11H2,1H3,(H,24,26)/t;;13-,19+;;12-,18-/m..0.1/s1. The van der Waals surface area contributed by atoms with Crippen molar-refractivity contribution in [2.75, 3.05) is 13.1 Å². The Morgan fingerprint density at radius 2 is 0.638 bits per heavy atom. The summed E-state index contributed by atoms with van der Waals surface area (Å²) in [6.07, 6.45) is -7.60. The summed E-state index contributed by atoms with van der Waals surface area (Å²) in [6.45, 7) is 3.15. The van der Waals surface area contributed by atoms with Gasteiger partial charge in [-0.2, -0.15) is 65.9 Å². The average Bonchev–Trinajstić information content (AvgIpc) is 1.68. The number of rotatable bonds is 23. The zero-order chi connectivity index (χ0) is 102. The summed E-state index contributed by atoms with van der Waals surface area (Å²) in [6, 6.07) is 22.8. The number of hydrogen-bond acceptors (Lipinski definition) is 9. The highest BCUT2D eigenvalue weighted by molar-refractivity contribution is 6.39. The van der Waals surface area contributed by atoms with Crippen molar-refractivity contribution < 1.29 is 128 Å². The molecular formula is C98H109Cl5F19N7O9. The smallest absolute Gasteiger partial charge is 0.390 e. The second kappa shape index (κ2) is 43.5. The molecule has 40 heteroatoms. The van der Waals surface area contributed by atoms with Crippen LogP contribution in [0.25, 0.3) is 54.5 Å². The van der Waals surface area contributed by atoms with Gasteiger partial charge in [-0.1, -0.05) is 135 Å². The number of benzene rings is 5. The first-order valence-corrected chi connectivity index (χ1v) is 47.3. The number of Topliss-reactive ketones (excluding diaryl/α,β-unsaturated/α-hetero) is 3. The molecular weight excluding hydrogens is 1960 g/mol. The van der Waals surface area contributed by atoms with Crippen LogP contribution < -0.4 is 10.6 Å². The van der Waals surface area contributed by atoms with Crippen LogP contribution in [0.1, 0.15) is 247 Å². The minimum absolute atomic E-state index is 0.00549. The average molecular weight is 2070 g/mol. The van der Waals surface area contributed by atoms with E-state index in [9.17, 15) is 128 Å².